The van der Waals surface area contributed by atoms with Gasteiger partial charge in [0.05, 0.1) is 10.5 Å². The normalized spacial score (nSPS) is 12.9. The Labute approximate surface area is 97.5 Å². The van der Waals surface area contributed by atoms with Crippen LogP contribution in [0.5, 0.6) is 0 Å². The summed E-state index contributed by atoms with van der Waals surface area (Å²) in [4.78, 5) is 15.2. The van der Waals surface area contributed by atoms with E-state index in [1.165, 1.54) is 0 Å². The Hall–Kier alpha value is -1.55. The van der Waals surface area contributed by atoms with Gasteiger partial charge in [-0.3, -0.25) is 4.79 Å². The van der Waals surface area contributed by atoms with E-state index in [-0.39, 0.29) is 0 Å². The van der Waals surface area contributed by atoms with Gasteiger partial charge in [-0.25, -0.2) is 4.98 Å². The van der Waals surface area contributed by atoms with Crippen molar-refractivity contribution in [1.82, 2.24) is 9.55 Å². The van der Waals surface area contributed by atoms with Gasteiger partial charge >= 0.3 is 5.97 Å². The van der Waals surface area contributed by atoms with Crippen molar-refractivity contribution in [3.8, 4) is 0 Å². The number of hydrogen-bond donors (Lipinski definition) is 1. The molecule has 2 rings (SSSR count). The molecule has 0 saturated heterocycles. The minimum atomic E-state index is -0.894. The Balaban J connectivity index is 2.69. The number of rotatable bonds is 2. The first kappa shape index (κ1) is 11.0. The molecule has 1 aromatic heterocycles. The second-order valence-electron chi connectivity index (χ2n) is 3.70. The highest BCUT2D eigenvalue weighted by Crippen LogP contribution is 2.26. The lowest BCUT2D eigenvalue weighted by atomic mass is 10.2. The van der Waals surface area contributed by atoms with E-state index in [1.807, 2.05) is 12.1 Å². The molecule has 1 unspecified atom stereocenters. The summed E-state index contributed by atoms with van der Waals surface area (Å²) in [6, 6.07) is 5.43. The molecule has 0 aliphatic rings. The molecule has 1 atom stereocenters. The molecule has 16 heavy (non-hydrogen) atoms. The van der Waals surface area contributed by atoms with Gasteiger partial charge in [0.2, 0.25) is 0 Å². The second-order valence-corrected chi connectivity index (χ2v) is 4.10. The predicted molar refractivity (Wildman–Crippen MR) is 61.8 cm³/mol. The van der Waals surface area contributed by atoms with Gasteiger partial charge in [-0.2, -0.15) is 0 Å². The topological polar surface area (TPSA) is 55.1 Å². The van der Waals surface area contributed by atoms with Gasteiger partial charge in [-0.1, -0.05) is 17.7 Å². The highest BCUT2D eigenvalue weighted by atomic mass is 35.5. The second kappa shape index (κ2) is 3.79. The summed E-state index contributed by atoms with van der Waals surface area (Å²) in [5, 5.41) is 9.51. The summed E-state index contributed by atoms with van der Waals surface area (Å²) in [7, 11) is 1.79. The van der Waals surface area contributed by atoms with Crippen LogP contribution in [0.25, 0.3) is 11.0 Å². The number of para-hydroxylation sites is 1. The first-order chi connectivity index (χ1) is 7.52. The minimum Gasteiger partial charge on any atom is -0.481 e. The maximum Gasteiger partial charge on any atom is 0.313 e. The molecule has 0 saturated carbocycles. The largest absolute Gasteiger partial charge is 0.481 e. The Morgan fingerprint density at radius 1 is 1.56 bits per heavy atom. The number of fused-ring (bicyclic) bond motifs is 1. The number of benzene rings is 1. The molecular weight excluding hydrogens is 228 g/mol. The number of nitrogens with zero attached hydrogens (tertiary/aromatic N) is 2. The zero-order valence-corrected chi connectivity index (χ0v) is 9.69. The Morgan fingerprint density at radius 2 is 2.25 bits per heavy atom. The first-order valence-corrected chi connectivity index (χ1v) is 5.24. The van der Waals surface area contributed by atoms with E-state index in [0.717, 1.165) is 5.52 Å². The number of carbonyl (C=O) groups is 1. The molecule has 0 fully saturated rings. The third-order valence-electron chi connectivity index (χ3n) is 2.65. The molecule has 2 aromatic rings. The zero-order valence-electron chi connectivity index (χ0n) is 8.94. The number of carboxylic acid groups (broad SMARTS) is 1. The maximum absolute atomic E-state index is 10.9. The third kappa shape index (κ3) is 1.55. The van der Waals surface area contributed by atoms with E-state index < -0.39 is 11.9 Å². The molecule has 1 aromatic carbocycles. The molecule has 0 bridgehead atoms. The standard InChI is InChI=1S/C11H11ClN2O2/c1-6(11(15)16)10-13-9-7(12)4-3-5-8(9)14(10)2/h3-6H,1-2H3,(H,15,16). The van der Waals surface area contributed by atoms with Crippen molar-refractivity contribution in [3.63, 3.8) is 0 Å². The lowest BCUT2D eigenvalue weighted by Crippen LogP contribution is -2.12. The SMILES string of the molecule is CC(C(=O)O)c1nc2c(Cl)cccc2n1C. The van der Waals surface area contributed by atoms with Crippen LogP contribution in [0.2, 0.25) is 5.02 Å². The van der Waals surface area contributed by atoms with Crippen molar-refractivity contribution in [2.24, 2.45) is 7.05 Å². The van der Waals surface area contributed by atoms with Gasteiger partial charge in [-0.15, -0.1) is 0 Å². The third-order valence-corrected chi connectivity index (χ3v) is 2.96. The van der Waals surface area contributed by atoms with Gasteiger partial charge in [-0.05, 0) is 19.1 Å². The van der Waals surface area contributed by atoms with Crippen molar-refractivity contribution in [2.45, 2.75) is 12.8 Å². The Kier molecular flexibility index (Phi) is 2.59. The Bertz CT molecular complexity index is 562. The molecule has 1 heterocycles. The van der Waals surface area contributed by atoms with E-state index in [0.29, 0.717) is 16.4 Å². The molecule has 84 valence electrons. The summed E-state index contributed by atoms with van der Waals surface area (Å²) in [5.41, 5.74) is 1.49. The van der Waals surface area contributed by atoms with Crippen LogP contribution in [0.3, 0.4) is 0 Å². The first-order valence-electron chi connectivity index (χ1n) is 4.86. The zero-order chi connectivity index (χ0) is 11.9. The number of halogens is 1. The summed E-state index contributed by atoms with van der Waals surface area (Å²) >= 11 is 6.00. The molecule has 0 aliphatic carbocycles. The number of aryl methyl sites for hydroxylation is 1. The molecular formula is C11H11ClN2O2. The molecule has 0 radical (unpaired) electrons. The number of aromatic nitrogens is 2. The fourth-order valence-corrected chi connectivity index (χ4v) is 1.91. The fourth-order valence-electron chi connectivity index (χ4n) is 1.70. The van der Waals surface area contributed by atoms with Gasteiger partial charge in [0.1, 0.15) is 17.3 Å². The van der Waals surface area contributed by atoms with Gasteiger partial charge in [0.25, 0.3) is 0 Å². The lowest BCUT2D eigenvalue weighted by molar-refractivity contribution is -0.138. The summed E-state index contributed by atoms with van der Waals surface area (Å²) in [5.74, 6) is -1.03. The van der Waals surface area contributed by atoms with Crippen molar-refractivity contribution < 1.29 is 9.90 Å². The van der Waals surface area contributed by atoms with Crippen molar-refractivity contribution in [2.75, 3.05) is 0 Å². The Morgan fingerprint density at radius 3 is 2.81 bits per heavy atom. The average molecular weight is 239 g/mol. The molecule has 4 nitrogen and oxygen atoms in total. The lowest BCUT2D eigenvalue weighted by Gasteiger charge is -2.05. The van der Waals surface area contributed by atoms with Crippen LogP contribution in [0.1, 0.15) is 18.7 Å². The van der Waals surface area contributed by atoms with Crippen LogP contribution in [-0.2, 0) is 11.8 Å². The van der Waals surface area contributed by atoms with E-state index in [2.05, 4.69) is 4.98 Å². The maximum atomic E-state index is 10.9. The summed E-state index contributed by atoms with van der Waals surface area (Å²) in [6.45, 7) is 1.61. The van der Waals surface area contributed by atoms with Crippen LogP contribution >= 0.6 is 11.6 Å². The van der Waals surface area contributed by atoms with E-state index in [9.17, 15) is 4.79 Å². The van der Waals surface area contributed by atoms with E-state index in [1.54, 1.807) is 24.6 Å². The summed E-state index contributed by atoms with van der Waals surface area (Å²) in [6.07, 6.45) is 0. The van der Waals surface area contributed by atoms with Crippen LogP contribution < -0.4 is 0 Å². The van der Waals surface area contributed by atoms with Crippen molar-refractivity contribution >= 4 is 28.6 Å². The fraction of sp³-hybridized carbons (Fsp3) is 0.273. The molecule has 1 N–H and O–H groups in total. The van der Waals surface area contributed by atoms with Gasteiger partial charge < -0.3 is 9.67 Å². The number of carboxylic acids is 1. The van der Waals surface area contributed by atoms with E-state index >= 15 is 0 Å². The predicted octanol–water partition coefficient (Wildman–Crippen LogP) is 2.41. The highest BCUT2D eigenvalue weighted by Gasteiger charge is 2.21. The smallest absolute Gasteiger partial charge is 0.313 e. The van der Waals surface area contributed by atoms with Crippen LogP contribution in [0.4, 0.5) is 0 Å². The number of hydrogen-bond acceptors (Lipinski definition) is 2. The highest BCUT2D eigenvalue weighted by molar-refractivity contribution is 6.34. The minimum absolute atomic E-state index is 0.510. The average Bonchev–Trinajstić information content (AvgIpc) is 2.57. The summed E-state index contributed by atoms with van der Waals surface area (Å²) < 4.78 is 1.76. The van der Waals surface area contributed by atoms with Gasteiger partial charge in [0, 0.05) is 7.05 Å². The van der Waals surface area contributed by atoms with Crippen LogP contribution in [-0.4, -0.2) is 20.6 Å². The van der Waals surface area contributed by atoms with Crippen LogP contribution in [0, 0.1) is 0 Å². The molecule has 0 aliphatic heterocycles. The van der Waals surface area contributed by atoms with Gasteiger partial charge in [0.15, 0.2) is 0 Å². The van der Waals surface area contributed by atoms with Crippen molar-refractivity contribution in [1.29, 1.82) is 0 Å². The number of imidazole rings is 1. The molecule has 0 amide bonds. The van der Waals surface area contributed by atoms with E-state index in [4.69, 9.17) is 16.7 Å². The van der Waals surface area contributed by atoms with Crippen LogP contribution in [0.15, 0.2) is 18.2 Å². The quantitative estimate of drug-likeness (QED) is 0.874. The van der Waals surface area contributed by atoms with Crippen molar-refractivity contribution in [3.05, 3.63) is 29.0 Å². The number of aliphatic carboxylic acids is 1. The molecule has 5 heteroatoms. The molecule has 0 spiro atoms. The monoisotopic (exact) mass is 238 g/mol.